The van der Waals surface area contributed by atoms with Gasteiger partial charge in [-0.2, -0.15) is 0 Å². The van der Waals surface area contributed by atoms with Crippen molar-refractivity contribution >= 4 is 17.5 Å². The Morgan fingerprint density at radius 3 is 2.48 bits per heavy atom. The Balaban J connectivity index is 1.98. The third-order valence-corrected chi connectivity index (χ3v) is 4.27. The molecule has 6 nitrogen and oxygen atoms in total. The Labute approximate surface area is 142 Å². The van der Waals surface area contributed by atoms with Gasteiger partial charge in [0.15, 0.2) is 0 Å². The van der Waals surface area contributed by atoms with E-state index in [1.54, 1.807) is 19.1 Å². The fraction of sp³-hybridized carbons (Fsp3) is 0.562. The first-order chi connectivity index (χ1) is 11.2. The van der Waals surface area contributed by atoms with Gasteiger partial charge in [0.05, 0.1) is 13.2 Å². The molecular weight excluding hydrogens is 318 g/mol. The number of carbonyl (C=O) groups excluding carboxylic acids is 1. The van der Waals surface area contributed by atoms with Crippen LogP contribution in [0.15, 0.2) is 24.3 Å². The summed E-state index contributed by atoms with van der Waals surface area (Å²) in [5, 5.41) is 0.704. The minimum absolute atomic E-state index is 0.0179. The highest BCUT2D eigenvalue weighted by atomic mass is 35.5. The highest BCUT2D eigenvalue weighted by molar-refractivity contribution is 6.31. The largest absolute Gasteiger partial charge is 0.383 e. The van der Waals surface area contributed by atoms with Gasteiger partial charge < -0.3 is 14.4 Å². The van der Waals surface area contributed by atoms with E-state index in [4.69, 9.17) is 21.1 Å². The van der Waals surface area contributed by atoms with Crippen LogP contribution < -0.4 is 10.9 Å². The maximum atomic E-state index is 12.7. The molecule has 1 aliphatic rings. The minimum atomic E-state index is -0.287. The average molecular weight is 342 g/mol. The molecule has 1 fully saturated rings. The molecule has 0 saturated carbocycles. The summed E-state index contributed by atoms with van der Waals surface area (Å²) in [7, 11) is 3.25. The highest BCUT2D eigenvalue weighted by Crippen LogP contribution is 2.28. The van der Waals surface area contributed by atoms with Gasteiger partial charge in [0, 0.05) is 38.4 Å². The fourth-order valence-electron chi connectivity index (χ4n) is 2.64. The van der Waals surface area contributed by atoms with Gasteiger partial charge in [-0.15, -0.1) is 0 Å². The molecule has 2 unspecified atom stereocenters. The van der Waals surface area contributed by atoms with Gasteiger partial charge >= 0.3 is 0 Å². The van der Waals surface area contributed by atoms with Crippen molar-refractivity contribution in [2.45, 2.75) is 18.5 Å². The smallest absolute Gasteiger partial charge is 0.241 e. The lowest BCUT2D eigenvalue weighted by Crippen LogP contribution is -2.47. The maximum absolute atomic E-state index is 12.7. The number of amides is 1. The Bertz CT molecular complexity index is 507. The summed E-state index contributed by atoms with van der Waals surface area (Å²) < 4.78 is 10.2. The van der Waals surface area contributed by atoms with E-state index in [-0.39, 0.29) is 18.0 Å². The molecule has 2 rings (SSSR count). The summed E-state index contributed by atoms with van der Waals surface area (Å²) in [5.41, 5.74) is 7.25. The van der Waals surface area contributed by atoms with Crippen LogP contribution in [0.25, 0.3) is 0 Å². The van der Waals surface area contributed by atoms with Gasteiger partial charge in [-0.3, -0.25) is 4.79 Å². The second-order valence-corrected chi connectivity index (χ2v) is 5.87. The van der Waals surface area contributed by atoms with E-state index in [1.165, 1.54) is 0 Å². The first-order valence-electron chi connectivity index (χ1n) is 7.69. The van der Waals surface area contributed by atoms with Crippen molar-refractivity contribution in [3.8, 4) is 0 Å². The average Bonchev–Trinajstić information content (AvgIpc) is 3.04. The fourth-order valence-corrected chi connectivity index (χ4v) is 2.90. The van der Waals surface area contributed by atoms with E-state index in [9.17, 15) is 4.79 Å². The number of nitrogens with zero attached hydrogens (tertiary/aromatic N) is 1. The van der Waals surface area contributed by atoms with Crippen LogP contribution in [0.3, 0.4) is 0 Å². The SMILES string of the molecule is COCCN(CCOC)C(=O)C1CC(c2ccccc2Cl)NN1. The molecule has 0 aliphatic carbocycles. The number of methoxy groups -OCH3 is 2. The molecule has 1 aromatic rings. The van der Waals surface area contributed by atoms with Gasteiger partial charge in [-0.1, -0.05) is 29.8 Å². The lowest BCUT2D eigenvalue weighted by molar-refractivity contribution is -0.134. The normalized spacial score (nSPS) is 20.7. The van der Waals surface area contributed by atoms with Crippen LogP contribution in [0.4, 0.5) is 0 Å². The molecule has 2 N–H and O–H groups in total. The van der Waals surface area contributed by atoms with E-state index in [1.807, 2.05) is 24.3 Å². The molecule has 1 aliphatic heterocycles. The number of rotatable bonds is 8. The van der Waals surface area contributed by atoms with E-state index in [0.717, 1.165) is 5.56 Å². The van der Waals surface area contributed by atoms with E-state index < -0.39 is 0 Å². The minimum Gasteiger partial charge on any atom is -0.383 e. The van der Waals surface area contributed by atoms with Crippen LogP contribution in [-0.4, -0.2) is 57.4 Å². The zero-order chi connectivity index (χ0) is 16.7. The number of hydrogen-bond donors (Lipinski definition) is 2. The summed E-state index contributed by atoms with van der Waals surface area (Å²) in [4.78, 5) is 14.5. The zero-order valence-electron chi connectivity index (χ0n) is 13.5. The molecule has 128 valence electrons. The van der Waals surface area contributed by atoms with Crippen LogP contribution >= 0.6 is 11.6 Å². The van der Waals surface area contributed by atoms with Crippen LogP contribution in [0.2, 0.25) is 5.02 Å². The number of nitrogens with one attached hydrogen (secondary N) is 2. The number of hydrogen-bond acceptors (Lipinski definition) is 5. The lowest BCUT2D eigenvalue weighted by Gasteiger charge is -2.25. The van der Waals surface area contributed by atoms with Crippen LogP contribution in [0, 0.1) is 0 Å². The molecule has 1 saturated heterocycles. The predicted octanol–water partition coefficient (Wildman–Crippen LogP) is 1.37. The van der Waals surface area contributed by atoms with Crippen LogP contribution in [0.5, 0.6) is 0 Å². The Morgan fingerprint density at radius 2 is 1.87 bits per heavy atom. The van der Waals surface area contributed by atoms with Crippen molar-refractivity contribution in [2.75, 3.05) is 40.5 Å². The first-order valence-corrected chi connectivity index (χ1v) is 8.07. The molecule has 1 amide bonds. The van der Waals surface area contributed by atoms with Gasteiger partial charge in [-0.25, -0.2) is 10.9 Å². The molecule has 0 radical (unpaired) electrons. The molecule has 23 heavy (non-hydrogen) atoms. The summed E-state index contributed by atoms with van der Waals surface area (Å²) in [6.45, 7) is 2.11. The first kappa shape index (κ1) is 18.2. The summed E-state index contributed by atoms with van der Waals surface area (Å²) in [5.74, 6) is 0.0427. The monoisotopic (exact) mass is 341 g/mol. The number of hydrazine groups is 1. The van der Waals surface area contributed by atoms with E-state index >= 15 is 0 Å². The van der Waals surface area contributed by atoms with Crippen molar-refractivity contribution in [2.24, 2.45) is 0 Å². The van der Waals surface area contributed by atoms with Crippen molar-refractivity contribution in [3.63, 3.8) is 0 Å². The molecule has 1 heterocycles. The zero-order valence-corrected chi connectivity index (χ0v) is 14.3. The van der Waals surface area contributed by atoms with Gasteiger partial charge in [0.1, 0.15) is 6.04 Å². The summed E-state index contributed by atoms with van der Waals surface area (Å²) >= 11 is 6.23. The van der Waals surface area contributed by atoms with Gasteiger partial charge in [0.2, 0.25) is 5.91 Å². The van der Waals surface area contributed by atoms with E-state index in [2.05, 4.69) is 10.9 Å². The maximum Gasteiger partial charge on any atom is 0.241 e. The van der Waals surface area contributed by atoms with Gasteiger partial charge in [0.25, 0.3) is 0 Å². The Hall–Kier alpha value is -1.18. The molecular formula is C16H24ClN3O3. The van der Waals surface area contributed by atoms with Crippen LogP contribution in [0.1, 0.15) is 18.0 Å². The molecule has 0 spiro atoms. The topological polar surface area (TPSA) is 62.8 Å². The molecule has 1 aromatic carbocycles. The van der Waals surface area contributed by atoms with Crippen molar-refractivity contribution in [3.05, 3.63) is 34.9 Å². The number of benzene rings is 1. The Kier molecular flexibility index (Phi) is 7.26. The van der Waals surface area contributed by atoms with Crippen molar-refractivity contribution in [1.29, 1.82) is 0 Å². The number of halogens is 1. The van der Waals surface area contributed by atoms with Crippen molar-refractivity contribution in [1.82, 2.24) is 15.8 Å². The number of ether oxygens (including phenoxy) is 2. The second kappa shape index (κ2) is 9.20. The van der Waals surface area contributed by atoms with Crippen LogP contribution in [-0.2, 0) is 14.3 Å². The second-order valence-electron chi connectivity index (χ2n) is 5.46. The summed E-state index contributed by atoms with van der Waals surface area (Å²) in [6.07, 6.45) is 0.652. The summed E-state index contributed by atoms with van der Waals surface area (Å²) in [6, 6.07) is 7.41. The molecule has 0 aromatic heterocycles. The molecule has 0 bridgehead atoms. The molecule has 2 atom stereocenters. The third kappa shape index (κ3) is 4.89. The number of carbonyl (C=O) groups is 1. The highest BCUT2D eigenvalue weighted by Gasteiger charge is 2.33. The van der Waals surface area contributed by atoms with E-state index in [0.29, 0.717) is 37.7 Å². The quantitative estimate of drug-likeness (QED) is 0.747. The van der Waals surface area contributed by atoms with Crippen molar-refractivity contribution < 1.29 is 14.3 Å². The standard InChI is InChI=1S/C16H24ClN3O3/c1-22-9-7-20(8-10-23-2)16(21)15-11-14(18-19-15)12-5-3-4-6-13(12)17/h3-6,14-15,18-19H,7-11H2,1-2H3. The Morgan fingerprint density at radius 1 is 1.22 bits per heavy atom. The lowest BCUT2D eigenvalue weighted by atomic mass is 10.0. The predicted molar refractivity (Wildman–Crippen MR) is 89.2 cm³/mol. The van der Waals surface area contributed by atoms with Gasteiger partial charge in [-0.05, 0) is 18.1 Å². The third-order valence-electron chi connectivity index (χ3n) is 3.92. The molecule has 7 heteroatoms.